The van der Waals surface area contributed by atoms with Gasteiger partial charge in [-0.25, -0.2) is 4.98 Å². The highest BCUT2D eigenvalue weighted by atomic mass is 32.1. The topological polar surface area (TPSA) is 46.5 Å². The Hall–Kier alpha value is -2.14. The van der Waals surface area contributed by atoms with Gasteiger partial charge in [0.15, 0.2) is 0 Å². The molecular weight excluding hydrogens is 306 g/mol. The zero-order valence-corrected chi connectivity index (χ0v) is 15.1. The molecule has 0 bridgehead atoms. The summed E-state index contributed by atoms with van der Waals surface area (Å²) < 4.78 is 5.56. The van der Waals surface area contributed by atoms with Gasteiger partial charge in [0.1, 0.15) is 11.6 Å². The standard InChI is InChI=1S/C18H23N3OS/c1-6-7-8-20-18(19-4)15-9-14(10-16(22-5)12(15)2)17-11-21-13(3)23-17/h7-11H,6H2,1-5H3,(H,19,20)/b8-7+. The molecule has 0 atom stereocenters. The monoisotopic (exact) mass is 329 g/mol. The number of methoxy groups -OCH3 is 1. The van der Waals surface area contributed by atoms with Crippen LogP contribution in [0.15, 0.2) is 35.6 Å². The van der Waals surface area contributed by atoms with Crippen molar-refractivity contribution in [2.45, 2.75) is 27.2 Å². The van der Waals surface area contributed by atoms with E-state index in [2.05, 4.69) is 40.4 Å². The maximum Gasteiger partial charge on any atom is 0.132 e. The molecule has 23 heavy (non-hydrogen) atoms. The van der Waals surface area contributed by atoms with Gasteiger partial charge in [-0.05, 0) is 44.2 Å². The number of nitrogens with zero attached hydrogens (tertiary/aromatic N) is 2. The van der Waals surface area contributed by atoms with Gasteiger partial charge in [0.2, 0.25) is 0 Å². The molecule has 4 nitrogen and oxygen atoms in total. The van der Waals surface area contributed by atoms with Gasteiger partial charge in [-0.15, -0.1) is 11.3 Å². The Labute approximate surface area is 142 Å². The number of allylic oxidation sites excluding steroid dienone is 1. The maximum absolute atomic E-state index is 5.56. The van der Waals surface area contributed by atoms with Crippen LogP contribution >= 0.6 is 11.3 Å². The van der Waals surface area contributed by atoms with Crippen LogP contribution in [0.2, 0.25) is 0 Å². The summed E-state index contributed by atoms with van der Waals surface area (Å²) in [5, 5.41) is 4.31. The van der Waals surface area contributed by atoms with Crippen LogP contribution in [0.5, 0.6) is 5.75 Å². The lowest BCUT2D eigenvalue weighted by molar-refractivity contribution is 0.412. The summed E-state index contributed by atoms with van der Waals surface area (Å²) in [5.74, 6) is 1.68. The lowest BCUT2D eigenvalue weighted by atomic mass is 10.0. The molecule has 0 aliphatic carbocycles. The predicted molar refractivity (Wildman–Crippen MR) is 98.6 cm³/mol. The molecule has 0 spiro atoms. The minimum absolute atomic E-state index is 0.827. The normalized spacial score (nSPS) is 12.0. The van der Waals surface area contributed by atoms with Crippen LogP contribution in [-0.2, 0) is 0 Å². The summed E-state index contributed by atoms with van der Waals surface area (Å²) in [6.07, 6.45) is 6.87. The molecule has 0 saturated carbocycles. The zero-order chi connectivity index (χ0) is 16.8. The fourth-order valence-corrected chi connectivity index (χ4v) is 3.07. The molecule has 1 N–H and O–H groups in total. The van der Waals surface area contributed by atoms with Crippen molar-refractivity contribution in [1.29, 1.82) is 0 Å². The number of benzene rings is 1. The van der Waals surface area contributed by atoms with Crippen LogP contribution in [0.4, 0.5) is 0 Å². The van der Waals surface area contributed by atoms with Crippen LogP contribution < -0.4 is 10.1 Å². The van der Waals surface area contributed by atoms with Gasteiger partial charge in [0.05, 0.1) is 17.0 Å². The van der Waals surface area contributed by atoms with Crippen LogP contribution in [0.1, 0.15) is 29.5 Å². The molecule has 0 fully saturated rings. The summed E-state index contributed by atoms with van der Waals surface area (Å²) in [6, 6.07) is 4.20. The minimum atomic E-state index is 0.827. The van der Waals surface area contributed by atoms with Gasteiger partial charge in [0.25, 0.3) is 0 Å². The second kappa shape index (κ2) is 7.92. The molecule has 0 amide bonds. The van der Waals surface area contributed by atoms with Gasteiger partial charge < -0.3 is 10.1 Å². The molecule has 1 aromatic carbocycles. The third kappa shape index (κ3) is 3.99. The number of hydrogen-bond donors (Lipinski definition) is 1. The fraction of sp³-hybridized carbons (Fsp3) is 0.333. The zero-order valence-electron chi connectivity index (χ0n) is 14.3. The molecule has 2 aromatic rings. The molecule has 0 unspecified atom stereocenters. The lowest BCUT2D eigenvalue weighted by Gasteiger charge is -2.14. The number of amidine groups is 1. The first-order valence-electron chi connectivity index (χ1n) is 7.60. The number of thiazole rings is 1. The van der Waals surface area contributed by atoms with Crippen LogP contribution in [0.25, 0.3) is 10.4 Å². The van der Waals surface area contributed by atoms with Crippen molar-refractivity contribution in [3.8, 4) is 16.2 Å². The highest BCUT2D eigenvalue weighted by Gasteiger charge is 2.14. The molecule has 1 heterocycles. The van der Waals surface area contributed by atoms with Crippen molar-refractivity contribution in [2.75, 3.05) is 14.2 Å². The molecule has 0 radical (unpaired) electrons. The second-order valence-corrected chi connectivity index (χ2v) is 6.36. The van der Waals surface area contributed by atoms with Gasteiger partial charge in [-0.1, -0.05) is 13.0 Å². The molecular formula is C18H23N3OS. The first-order chi connectivity index (χ1) is 11.1. The summed E-state index contributed by atoms with van der Waals surface area (Å²) >= 11 is 1.67. The molecule has 5 heteroatoms. The summed E-state index contributed by atoms with van der Waals surface area (Å²) in [6.45, 7) is 6.16. The van der Waals surface area contributed by atoms with Crippen molar-refractivity contribution in [3.63, 3.8) is 0 Å². The summed E-state index contributed by atoms with van der Waals surface area (Å²) in [4.78, 5) is 9.87. The average Bonchev–Trinajstić information content (AvgIpc) is 2.99. The summed E-state index contributed by atoms with van der Waals surface area (Å²) in [7, 11) is 3.48. The van der Waals surface area contributed by atoms with Crippen molar-refractivity contribution < 1.29 is 4.74 Å². The van der Waals surface area contributed by atoms with Gasteiger partial charge in [-0.3, -0.25) is 4.99 Å². The Balaban J connectivity index is 2.51. The SMILES string of the molecule is CC/C=C/NC(=NC)c1cc(-c2cnc(C)s2)cc(OC)c1C. The maximum atomic E-state index is 5.56. The lowest BCUT2D eigenvalue weighted by Crippen LogP contribution is -2.20. The van der Waals surface area contributed by atoms with E-state index in [0.29, 0.717) is 0 Å². The molecule has 0 aliphatic heterocycles. The molecule has 2 rings (SSSR count). The molecule has 1 aromatic heterocycles. The quantitative estimate of drug-likeness (QED) is 0.656. The highest BCUT2D eigenvalue weighted by Crippen LogP contribution is 2.33. The van der Waals surface area contributed by atoms with E-state index in [-0.39, 0.29) is 0 Å². The van der Waals surface area contributed by atoms with Crippen LogP contribution in [0, 0.1) is 13.8 Å². The number of rotatable bonds is 5. The van der Waals surface area contributed by atoms with Crippen molar-refractivity contribution in [1.82, 2.24) is 10.3 Å². The Morgan fingerprint density at radius 2 is 2.17 bits per heavy atom. The van der Waals surface area contributed by atoms with E-state index in [1.807, 2.05) is 26.2 Å². The smallest absolute Gasteiger partial charge is 0.132 e. The number of aliphatic imine (C=N–C) groups is 1. The molecule has 122 valence electrons. The first-order valence-corrected chi connectivity index (χ1v) is 8.42. The highest BCUT2D eigenvalue weighted by molar-refractivity contribution is 7.15. The third-order valence-corrected chi connectivity index (χ3v) is 4.50. The third-order valence-electron chi connectivity index (χ3n) is 3.54. The van der Waals surface area contributed by atoms with E-state index in [9.17, 15) is 0 Å². The van der Waals surface area contributed by atoms with E-state index in [1.165, 1.54) is 0 Å². The number of aryl methyl sites for hydroxylation is 1. The second-order valence-electron chi connectivity index (χ2n) is 5.12. The number of nitrogens with one attached hydrogen (secondary N) is 1. The Bertz CT molecular complexity index is 732. The van der Waals surface area contributed by atoms with E-state index < -0.39 is 0 Å². The van der Waals surface area contributed by atoms with E-state index in [0.717, 1.165) is 44.6 Å². The largest absolute Gasteiger partial charge is 0.496 e. The number of hydrogen-bond acceptors (Lipinski definition) is 4. The Morgan fingerprint density at radius 1 is 1.39 bits per heavy atom. The number of ether oxygens (including phenoxy) is 1. The van der Waals surface area contributed by atoms with E-state index >= 15 is 0 Å². The van der Waals surface area contributed by atoms with E-state index in [1.54, 1.807) is 25.5 Å². The Morgan fingerprint density at radius 3 is 2.74 bits per heavy atom. The van der Waals surface area contributed by atoms with E-state index in [4.69, 9.17) is 4.74 Å². The van der Waals surface area contributed by atoms with Crippen molar-refractivity contribution >= 4 is 17.2 Å². The van der Waals surface area contributed by atoms with Crippen LogP contribution in [0.3, 0.4) is 0 Å². The number of aromatic nitrogens is 1. The van der Waals surface area contributed by atoms with Crippen molar-refractivity contribution in [3.05, 3.63) is 46.7 Å². The first kappa shape index (κ1) is 17.2. The van der Waals surface area contributed by atoms with Crippen molar-refractivity contribution in [2.24, 2.45) is 4.99 Å². The fourth-order valence-electron chi connectivity index (χ4n) is 2.30. The Kier molecular flexibility index (Phi) is 5.93. The van der Waals surface area contributed by atoms with Gasteiger partial charge in [0, 0.05) is 24.4 Å². The average molecular weight is 329 g/mol. The van der Waals surface area contributed by atoms with Gasteiger partial charge >= 0.3 is 0 Å². The minimum Gasteiger partial charge on any atom is -0.496 e. The predicted octanol–water partition coefficient (Wildman–Crippen LogP) is 4.33. The molecule has 0 aliphatic rings. The van der Waals surface area contributed by atoms with Crippen LogP contribution in [-0.4, -0.2) is 25.0 Å². The summed E-state index contributed by atoms with van der Waals surface area (Å²) in [5.41, 5.74) is 3.19. The van der Waals surface area contributed by atoms with Gasteiger partial charge in [-0.2, -0.15) is 0 Å². The molecule has 0 saturated heterocycles.